The highest BCUT2D eigenvalue weighted by Crippen LogP contribution is 2.60. The normalized spacial score (nSPS) is 34.9. The van der Waals surface area contributed by atoms with Gasteiger partial charge in [0.1, 0.15) is 4.08 Å². The van der Waals surface area contributed by atoms with Gasteiger partial charge in [0.15, 0.2) is 6.04 Å². The van der Waals surface area contributed by atoms with E-state index in [9.17, 15) is 19.8 Å². The zero-order chi connectivity index (χ0) is 16.5. The molecule has 22 heavy (non-hydrogen) atoms. The monoisotopic (exact) mass is 340 g/mol. The molecule has 5 atom stereocenters. The lowest BCUT2D eigenvalue weighted by atomic mass is 9.90. The fourth-order valence-electron chi connectivity index (χ4n) is 2.83. The average molecular weight is 340 g/mol. The van der Waals surface area contributed by atoms with Crippen molar-refractivity contribution in [2.45, 2.75) is 34.9 Å². The smallest absolute Gasteiger partial charge is 0.328 e. The van der Waals surface area contributed by atoms with Gasteiger partial charge < -0.3 is 15.1 Å². The number of aliphatic carboxylic acids is 1. The van der Waals surface area contributed by atoms with Crippen molar-refractivity contribution in [3.63, 3.8) is 0 Å². The highest BCUT2D eigenvalue weighted by molar-refractivity contribution is 8.20. The molecule has 2 fully saturated rings. The van der Waals surface area contributed by atoms with E-state index in [1.165, 1.54) is 41.4 Å². The van der Waals surface area contributed by atoms with Crippen LogP contribution in [0.4, 0.5) is 0 Å². The van der Waals surface area contributed by atoms with Crippen LogP contribution >= 0.6 is 23.5 Å². The van der Waals surface area contributed by atoms with E-state index in [4.69, 9.17) is 5.26 Å². The maximum absolute atomic E-state index is 12.2. The van der Waals surface area contributed by atoms with Crippen molar-refractivity contribution in [3.05, 3.63) is 24.1 Å². The maximum atomic E-state index is 12.2. The summed E-state index contributed by atoms with van der Waals surface area (Å²) in [6.45, 7) is 5.21. The van der Waals surface area contributed by atoms with Gasteiger partial charge in [-0.1, -0.05) is 6.08 Å². The Kier molecular flexibility index (Phi) is 4.90. The number of allylic oxidation sites excluding steroid dienone is 2. The molecular weight excluding hydrogens is 324 g/mol. The van der Waals surface area contributed by atoms with E-state index in [0.717, 1.165) is 0 Å². The standard InChI is InChI=1S/C14H16N2O4S2/c1-3-5-14(21-7-4-6-15)10(13(19)20)16-11(18)9(8(2)17)12(16)22-14/h3-4,7-10,12,17H,1,5H2,2H3,(H,19,20)/t8-,9+,10?,12-,14?/m1/s1. The molecule has 0 aromatic carbocycles. The minimum absolute atomic E-state index is 0.337. The van der Waals surface area contributed by atoms with E-state index >= 15 is 0 Å². The van der Waals surface area contributed by atoms with Crippen LogP contribution in [0.2, 0.25) is 0 Å². The quantitative estimate of drug-likeness (QED) is 0.428. The van der Waals surface area contributed by atoms with Crippen LogP contribution < -0.4 is 0 Å². The molecule has 0 aromatic rings. The number of fused-ring (bicyclic) bond motifs is 1. The highest BCUT2D eigenvalue weighted by Gasteiger charge is 2.67. The maximum Gasteiger partial charge on any atom is 0.328 e. The molecule has 0 spiro atoms. The van der Waals surface area contributed by atoms with Gasteiger partial charge in [0, 0.05) is 6.08 Å². The summed E-state index contributed by atoms with van der Waals surface area (Å²) in [5.74, 6) is -2.01. The number of nitriles is 1. The Morgan fingerprint density at radius 1 is 1.73 bits per heavy atom. The average Bonchev–Trinajstić information content (AvgIpc) is 2.70. The van der Waals surface area contributed by atoms with Crippen molar-refractivity contribution in [2.24, 2.45) is 5.92 Å². The highest BCUT2D eigenvalue weighted by atomic mass is 32.2. The minimum atomic E-state index is -1.09. The van der Waals surface area contributed by atoms with Crippen LogP contribution in [0.1, 0.15) is 13.3 Å². The zero-order valence-corrected chi connectivity index (χ0v) is 13.5. The summed E-state index contributed by atoms with van der Waals surface area (Å²) in [7, 11) is 0. The number of nitrogens with zero attached hydrogens (tertiary/aromatic N) is 2. The van der Waals surface area contributed by atoms with Crippen LogP contribution in [0.15, 0.2) is 24.1 Å². The first-order chi connectivity index (χ1) is 10.4. The number of rotatable bonds is 6. The SMILES string of the molecule is C=CCC1(SC=CC#N)S[C@@H]2[C@@H]([C@@H](C)O)C(=O)N2C1C(=O)O. The summed E-state index contributed by atoms with van der Waals surface area (Å²) in [6.07, 6.45) is 2.43. The molecule has 0 saturated carbocycles. The summed E-state index contributed by atoms with van der Waals surface area (Å²) in [4.78, 5) is 25.3. The van der Waals surface area contributed by atoms with Crippen molar-refractivity contribution in [1.82, 2.24) is 4.90 Å². The van der Waals surface area contributed by atoms with E-state index in [1.807, 2.05) is 6.07 Å². The molecular formula is C14H16N2O4S2. The van der Waals surface area contributed by atoms with Crippen molar-refractivity contribution >= 4 is 35.4 Å². The van der Waals surface area contributed by atoms with Crippen molar-refractivity contribution in [2.75, 3.05) is 0 Å². The molecule has 0 radical (unpaired) electrons. The van der Waals surface area contributed by atoms with Gasteiger partial charge in [0.25, 0.3) is 0 Å². The topological polar surface area (TPSA) is 102 Å². The van der Waals surface area contributed by atoms with Gasteiger partial charge in [0.05, 0.1) is 23.5 Å². The lowest BCUT2D eigenvalue weighted by Gasteiger charge is -2.44. The summed E-state index contributed by atoms with van der Waals surface area (Å²) < 4.78 is -0.842. The van der Waals surface area contributed by atoms with Gasteiger partial charge in [0.2, 0.25) is 5.91 Å². The molecule has 2 saturated heterocycles. The molecule has 0 aliphatic carbocycles. The van der Waals surface area contributed by atoms with E-state index < -0.39 is 28.1 Å². The molecule has 2 aliphatic rings. The first-order valence-electron chi connectivity index (χ1n) is 6.64. The minimum Gasteiger partial charge on any atom is -0.480 e. The van der Waals surface area contributed by atoms with E-state index in [1.54, 1.807) is 11.5 Å². The first kappa shape index (κ1) is 16.9. The number of thioether (sulfide) groups is 2. The van der Waals surface area contributed by atoms with Gasteiger partial charge in [-0.25, -0.2) is 4.79 Å². The molecule has 2 N–H and O–H groups in total. The Morgan fingerprint density at radius 2 is 2.41 bits per heavy atom. The third kappa shape index (κ3) is 2.53. The van der Waals surface area contributed by atoms with Crippen LogP contribution in [0, 0.1) is 17.2 Å². The number of hydrogen-bond acceptors (Lipinski definition) is 6. The van der Waals surface area contributed by atoms with Gasteiger partial charge >= 0.3 is 5.97 Å². The van der Waals surface area contributed by atoms with E-state index in [2.05, 4.69) is 6.58 Å². The van der Waals surface area contributed by atoms with Gasteiger partial charge in [-0.3, -0.25) is 4.79 Å². The lowest BCUT2D eigenvalue weighted by molar-refractivity contribution is -0.167. The number of carboxylic acids is 1. The number of carbonyl (C=O) groups is 2. The molecule has 0 aromatic heterocycles. The largest absolute Gasteiger partial charge is 0.480 e. The predicted octanol–water partition coefficient (Wildman–Crippen LogP) is 1.39. The fourth-order valence-corrected chi connectivity index (χ4v) is 6.22. The number of aliphatic hydroxyl groups is 1. The third-order valence-electron chi connectivity index (χ3n) is 3.73. The Bertz CT molecular complexity index is 572. The molecule has 2 aliphatic heterocycles. The molecule has 6 nitrogen and oxygen atoms in total. The molecule has 2 rings (SSSR count). The van der Waals surface area contributed by atoms with Crippen LogP contribution in [0.3, 0.4) is 0 Å². The predicted molar refractivity (Wildman–Crippen MR) is 84.7 cm³/mol. The molecule has 0 bridgehead atoms. The number of carbonyl (C=O) groups excluding carboxylic acids is 1. The van der Waals surface area contributed by atoms with E-state index in [0.29, 0.717) is 6.42 Å². The Balaban J connectivity index is 2.38. The zero-order valence-electron chi connectivity index (χ0n) is 11.9. The lowest BCUT2D eigenvalue weighted by Crippen LogP contribution is -2.65. The van der Waals surface area contributed by atoms with Gasteiger partial charge in [-0.2, -0.15) is 5.26 Å². The molecule has 1 amide bonds. The van der Waals surface area contributed by atoms with Crippen LogP contribution in [-0.2, 0) is 9.59 Å². The summed E-state index contributed by atoms with van der Waals surface area (Å²) in [6, 6.07) is 0.847. The second-order valence-electron chi connectivity index (χ2n) is 5.12. The van der Waals surface area contributed by atoms with Crippen molar-refractivity contribution < 1.29 is 19.8 Å². The third-order valence-corrected chi connectivity index (χ3v) is 6.92. The summed E-state index contributed by atoms with van der Waals surface area (Å²) in [5.41, 5.74) is 0. The number of amides is 1. The van der Waals surface area contributed by atoms with Gasteiger partial charge in [-0.05, 0) is 18.8 Å². The Labute approximate surface area is 136 Å². The van der Waals surface area contributed by atoms with Crippen LogP contribution in [-0.4, -0.2) is 48.6 Å². The second kappa shape index (κ2) is 6.36. The molecule has 2 heterocycles. The number of hydrogen-bond donors (Lipinski definition) is 2. The summed E-state index contributed by atoms with van der Waals surface area (Å²) in [5, 5.41) is 29.1. The molecule has 2 unspecified atom stereocenters. The number of β-lactam (4-membered cyclic amide) rings is 1. The Morgan fingerprint density at radius 3 is 2.91 bits per heavy atom. The number of aliphatic hydroxyl groups excluding tert-OH is 1. The summed E-state index contributed by atoms with van der Waals surface area (Å²) >= 11 is 2.57. The van der Waals surface area contributed by atoms with Gasteiger partial charge in [-0.15, -0.1) is 30.1 Å². The van der Waals surface area contributed by atoms with Crippen molar-refractivity contribution in [3.8, 4) is 6.07 Å². The Hall–Kier alpha value is -1.43. The number of carboxylic acid groups (broad SMARTS) is 1. The molecule has 8 heteroatoms. The molecule has 118 valence electrons. The van der Waals surface area contributed by atoms with E-state index in [-0.39, 0.29) is 11.3 Å². The first-order valence-corrected chi connectivity index (χ1v) is 8.39. The van der Waals surface area contributed by atoms with Crippen LogP contribution in [0.25, 0.3) is 0 Å². The fraction of sp³-hybridized carbons (Fsp3) is 0.500. The second-order valence-corrected chi connectivity index (χ2v) is 8.06. The van der Waals surface area contributed by atoms with Crippen LogP contribution in [0.5, 0.6) is 0 Å². The van der Waals surface area contributed by atoms with Crippen molar-refractivity contribution in [1.29, 1.82) is 5.26 Å².